The van der Waals surface area contributed by atoms with E-state index >= 15 is 0 Å². The number of hydrogen-bond donors (Lipinski definition) is 6. The number of benzene rings is 2. The van der Waals surface area contributed by atoms with Crippen LogP contribution in [0.15, 0.2) is 54.6 Å². The van der Waals surface area contributed by atoms with E-state index in [1.54, 1.807) is 0 Å². The highest BCUT2D eigenvalue weighted by molar-refractivity contribution is 5.33. The molecule has 4 rings (SSSR count). The lowest BCUT2D eigenvalue weighted by molar-refractivity contribution is 0.0396. The van der Waals surface area contributed by atoms with Gasteiger partial charge in [-0.25, -0.2) is 10.9 Å². The summed E-state index contributed by atoms with van der Waals surface area (Å²) in [5, 5.41) is 21.2. The minimum absolute atomic E-state index is 0.0453. The Morgan fingerprint density at radius 3 is 2.00 bits per heavy atom. The largest absolute Gasteiger partial charge is 0.489 e. The van der Waals surface area contributed by atoms with Crippen LogP contribution in [0.25, 0.3) is 0 Å². The topological polar surface area (TPSA) is 97.8 Å². The first-order valence-corrected chi connectivity index (χ1v) is 10.2. The summed E-state index contributed by atoms with van der Waals surface area (Å²) in [4.78, 5) is 0. The smallest absolute Gasteiger partial charge is 0.122 e. The van der Waals surface area contributed by atoms with Crippen LogP contribution in [0.4, 0.5) is 0 Å². The van der Waals surface area contributed by atoms with Gasteiger partial charge in [0.05, 0.1) is 0 Å². The number of aliphatic hydroxyl groups excluding tert-OH is 2. The minimum Gasteiger partial charge on any atom is -0.489 e. The van der Waals surface area contributed by atoms with Crippen molar-refractivity contribution in [3.63, 3.8) is 0 Å². The highest BCUT2D eigenvalue weighted by atomic mass is 16.5. The third kappa shape index (κ3) is 4.30. The molecule has 0 bridgehead atoms. The molecule has 0 spiro atoms. The molecule has 2 aliphatic heterocycles. The van der Waals surface area contributed by atoms with Gasteiger partial charge in [-0.3, -0.25) is 10.9 Å². The molecular formula is C22H30N4O3. The summed E-state index contributed by atoms with van der Waals surface area (Å²) in [6, 6.07) is 18.1. The van der Waals surface area contributed by atoms with E-state index in [0.29, 0.717) is 6.61 Å². The van der Waals surface area contributed by atoms with Crippen LogP contribution in [0.1, 0.15) is 30.9 Å². The number of hydrogen-bond acceptors (Lipinski definition) is 7. The van der Waals surface area contributed by atoms with Crippen LogP contribution < -0.4 is 26.4 Å². The maximum Gasteiger partial charge on any atom is 0.122 e. The van der Waals surface area contributed by atoms with Gasteiger partial charge >= 0.3 is 0 Å². The quantitative estimate of drug-likeness (QED) is 0.435. The molecule has 2 aromatic carbocycles. The van der Waals surface area contributed by atoms with Crippen LogP contribution in [0.2, 0.25) is 0 Å². The molecule has 0 aliphatic carbocycles. The molecule has 156 valence electrons. The van der Waals surface area contributed by atoms with Crippen molar-refractivity contribution in [1.29, 1.82) is 0 Å². The van der Waals surface area contributed by atoms with Crippen molar-refractivity contribution in [3.8, 4) is 5.75 Å². The molecule has 2 saturated heterocycles. The van der Waals surface area contributed by atoms with Crippen LogP contribution in [0.5, 0.6) is 5.75 Å². The highest BCUT2D eigenvalue weighted by Crippen LogP contribution is 2.42. The van der Waals surface area contributed by atoms with E-state index in [9.17, 15) is 10.2 Å². The number of hydrazine groups is 2. The van der Waals surface area contributed by atoms with Crippen molar-refractivity contribution < 1.29 is 14.9 Å². The van der Waals surface area contributed by atoms with Crippen molar-refractivity contribution >= 4 is 0 Å². The van der Waals surface area contributed by atoms with Crippen molar-refractivity contribution in [3.05, 3.63) is 65.7 Å². The van der Waals surface area contributed by atoms with Crippen molar-refractivity contribution in [2.24, 2.45) is 11.8 Å². The molecule has 2 aromatic rings. The van der Waals surface area contributed by atoms with Crippen molar-refractivity contribution in [1.82, 2.24) is 21.7 Å². The zero-order valence-electron chi connectivity index (χ0n) is 16.7. The third-order valence-corrected chi connectivity index (χ3v) is 6.12. The summed E-state index contributed by atoms with van der Waals surface area (Å²) in [6.45, 7) is 4.58. The first-order chi connectivity index (χ1) is 14.0. The summed E-state index contributed by atoms with van der Waals surface area (Å²) in [5.41, 5.74) is 14.3. The zero-order chi connectivity index (χ0) is 20.4. The van der Waals surface area contributed by atoms with Crippen molar-refractivity contribution in [2.45, 2.75) is 50.9 Å². The number of ether oxygens (including phenoxy) is 1. The summed E-state index contributed by atoms with van der Waals surface area (Å²) in [6.07, 6.45) is -1.41. The van der Waals surface area contributed by atoms with Crippen LogP contribution in [-0.2, 0) is 6.61 Å². The molecule has 0 aromatic heterocycles. The van der Waals surface area contributed by atoms with Gasteiger partial charge < -0.3 is 14.9 Å². The van der Waals surface area contributed by atoms with E-state index in [0.717, 1.165) is 16.9 Å². The maximum absolute atomic E-state index is 10.6. The molecule has 2 heterocycles. The van der Waals surface area contributed by atoms with Gasteiger partial charge in [-0.05, 0) is 37.1 Å². The van der Waals surface area contributed by atoms with Gasteiger partial charge in [0.2, 0.25) is 0 Å². The summed E-state index contributed by atoms with van der Waals surface area (Å²) < 4.78 is 6.03. The van der Waals surface area contributed by atoms with Gasteiger partial charge in [0, 0.05) is 29.8 Å². The van der Waals surface area contributed by atoms with Gasteiger partial charge in [-0.15, -0.1) is 0 Å². The van der Waals surface area contributed by atoms with Gasteiger partial charge in [0.25, 0.3) is 0 Å². The predicted octanol–water partition coefficient (Wildman–Crippen LogP) is 1.21. The second-order valence-electron chi connectivity index (χ2n) is 8.07. The summed E-state index contributed by atoms with van der Waals surface area (Å²) in [7, 11) is 0. The SMILES string of the molecule is CC1NNC(O)C1C(c1cccc(OCc2ccccc2)c1)C1C(C)NNC1O. The third-order valence-electron chi connectivity index (χ3n) is 6.12. The van der Waals surface area contributed by atoms with Gasteiger partial charge in [-0.1, -0.05) is 42.5 Å². The molecule has 7 nitrogen and oxygen atoms in total. The number of aliphatic hydroxyl groups is 2. The lowest BCUT2D eigenvalue weighted by Gasteiger charge is -2.35. The Hall–Kier alpha value is -2.00. The van der Waals surface area contributed by atoms with Gasteiger partial charge in [0.1, 0.15) is 24.8 Å². The first-order valence-electron chi connectivity index (χ1n) is 10.2. The van der Waals surface area contributed by atoms with Crippen LogP contribution >= 0.6 is 0 Å². The molecule has 29 heavy (non-hydrogen) atoms. The average Bonchev–Trinajstić information content (AvgIpc) is 3.24. The van der Waals surface area contributed by atoms with E-state index in [1.165, 1.54) is 0 Å². The van der Waals surface area contributed by atoms with Gasteiger partial charge in [-0.2, -0.15) is 0 Å². The maximum atomic E-state index is 10.6. The fraction of sp³-hybridized carbons (Fsp3) is 0.455. The Balaban J connectivity index is 1.62. The molecule has 0 saturated carbocycles. The van der Waals surface area contributed by atoms with Crippen molar-refractivity contribution in [2.75, 3.05) is 0 Å². The van der Waals surface area contributed by atoms with E-state index in [1.807, 2.05) is 62.4 Å². The van der Waals surface area contributed by atoms with E-state index in [4.69, 9.17) is 4.74 Å². The molecule has 0 radical (unpaired) electrons. The number of rotatable bonds is 6. The molecule has 2 aliphatic rings. The van der Waals surface area contributed by atoms with E-state index < -0.39 is 12.5 Å². The highest BCUT2D eigenvalue weighted by Gasteiger charge is 2.48. The standard InChI is InChI=1S/C22H30N4O3/c1-13-18(21(27)25-23-13)20(19-14(2)24-26-22(19)28)16-9-6-10-17(11-16)29-12-15-7-4-3-5-8-15/h3-11,13-14,18-28H,12H2,1-2H3. The molecule has 7 heteroatoms. The lowest BCUT2D eigenvalue weighted by atomic mass is 9.71. The Bertz CT molecular complexity index is 762. The van der Waals surface area contributed by atoms with Crippen LogP contribution in [0, 0.1) is 11.8 Å². The zero-order valence-corrected chi connectivity index (χ0v) is 16.7. The Morgan fingerprint density at radius 2 is 1.45 bits per heavy atom. The van der Waals surface area contributed by atoms with E-state index in [-0.39, 0.29) is 29.8 Å². The normalized spacial score (nSPS) is 33.0. The Morgan fingerprint density at radius 1 is 0.828 bits per heavy atom. The lowest BCUT2D eigenvalue weighted by Crippen LogP contribution is -2.41. The fourth-order valence-electron chi connectivity index (χ4n) is 4.63. The van der Waals surface area contributed by atoms with E-state index in [2.05, 4.69) is 27.8 Å². The fourth-order valence-corrected chi connectivity index (χ4v) is 4.63. The predicted molar refractivity (Wildman–Crippen MR) is 110 cm³/mol. The molecule has 2 fully saturated rings. The average molecular weight is 399 g/mol. The summed E-state index contributed by atoms with van der Waals surface area (Å²) >= 11 is 0. The molecule has 6 N–H and O–H groups in total. The molecule has 6 atom stereocenters. The first kappa shape index (κ1) is 20.3. The molecular weight excluding hydrogens is 368 g/mol. The van der Waals surface area contributed by atoms with Gasteiger partial charge in [0.15, 0.2) is 0 Å². The van der Waals surface area contributed by atoms with Crippen LogP contribution in [-0.4, -0.2) is 34.8 Å². The Kier molecular flexibility index (Phi) is 6.15. The number of nitrogens with one attached hydrogen (secondary N) is 4. The van der Waals surface area contributed by atoms with Crippen LogP contribution in [0.3, 0.4) is 0 Å². The monoisotopic (exact) mass is 398 g/mol. The minimum atomic E-state index is -0.705. The molecule has 0 amide bonds. The summed E-state index contributed by atoms with van der Waals surface area (Å²) in [5.74, 6) is 0.472. The molecule has 6 unspecified atom stereocenters. The Labute approximate surface area is 171 Å². The second kappa shape index (κ2) is 8.79. The second-order valence-corrected chi connectivity index (χ2v) is 8.07.